The summed E-state index contributed by atoms with van der Waals surface area (Å²) in [6.07, 6.45) is 0. The molecular formula is C19H35N. The van der Waals surface area contributed by atoms with Crippen molar-refractivity contribution in [2.24, 2.45) is 0 Å². The molecule has 20 heavy (non-hydrogen) atoms. The van der Waals surface area contributed by atoms with E-state index in [1.54, 1.807) is 11.1 Å². The van der Waals surface area contributed by atoms with Crippen molar-refractivity contribution < 1.29 is 0 Å². The van der Waals surface area contributed by atoms with Gasteiger partial charge >= 0.3 is 0 Å². The van der Waals surface area contributed by atoms with Crippen molar-refractivity contribution in [3.63, 3.8) is 0 Å². The van der Waals surface area contributed by atoms with E-state index in [2.05, 4.69) is 80.7 Å². The van der Waals surface area contributed by atoms with Crippen LogP contribution in [-0.4, -0.2) is 4.57 Å². The van der Waals surface area contributed by atoms with Gasteiger partial charge in [0.2, 0.25) is 0 Å². The first kappa shape index (κ1) is 17.3. The third-order valence-corrected chi connectivity index (χ3v) is 4.03. The second kappa shape index (κ2) is 5.24. The molecule has 0 amide bonds. The Kier molecular flexibility index (Phi) is 4.54. The van der Waals surface area contributed by atoms with Crippen LogP contribution in [0.5, 0.6) is 0 Å². The first-order chi connectivity index (χ1) is 8.80. The smallest absolute Gasteiger partial charge is 0.0361 e. The van der Waals surface area contributed by atoms with Gasteiger partial charge in [-0.3, -0.25) is 0 Å². The van der Waals surface area contributed by atoms with Crippen LogP contribution in [0.3, 0.4) is 0 Å². The van der Waals surface area contributed by atoms with E-state index in [1.807, 2.05) is 0 Å². The van der Waals surface area contributed by atoms with Crippen molar-refractivity contribution in [1.29, 1.82) is 0 Å². The lowest BCUT2D eigenvalue weighted by atomic mass is 9.82. The number of nitrogens with zero attached hydrogens (tertiary/aromatic N) is 1. The molecule has 0 aliphatic heterocycles. The molecular weight excluding hydrogens is 242 g/mol. The van der Waals surface area contributed by atoms with Crippen molar-refractivity contribution in [3.8, 4) is 0 Å². The molecule has 1 nitrogen and oxygen atoms in total. The van der Waals surface area contributed by atoms with Gasteiger partial charge in [0, 0.05) is 22.3 Å². The summed E-state index contributed by atoms with van der Waals surface area (Å²) in [5, 5.41) is 0. The third-order valence-electron chi connectivity index (χ3n) is 4.03. The quantitative estimate of drug-likeness (QED) is 0.616. The zero-order valence-corrected chi connectivity index (χ0v) is 15.6. The molecule has 1 aromatic rings. The van der Waals surface area contributed by atoms with Crippen LogP contribution in [0.2, 0.25) is 0 Å². The highest BCUT2D eigenvalue weighted by Crippen LogP contribution is 2.42. The maximum absolute atomic E-state index is 2.59. The van der Waals surface area contributed by atoms with Crippen LogP contribution in [0, 0.1) is 6.92 Å². The van der Waals surface area contributed by atoms with Gasteiger partial charge in [-0.2, -0.15) is 0 Å². The molecule has 0 spiro atoms. The highest BCUT2D eigenvalue weighted by atomic mass is 15.1. The van der Waals surface area contributed by atoms with Gasteiger partial charge in [0.25, 0.3) is 0 Å². The van der Waals surface area contributed by atoms with Crippen LogP contribution in [0.1, 0.15) is 104 Å². The van der Waals surface area contributed by atoms with Crippen LogP contribution in [0.15, 0.2) is 0 Å². The summed E-state index contributed by atoms with van der Waals surface area (Å²) in [4.78, 5) is 0. The largest absolute Gasteiger partial charge is 0.343 e. The van der Waals surface area contributed by atoms with Crippen molar-refractivity contribution in [2.45, 2.75) is 99.0 Å². The fourth-order valence-corrected chi connectivity index (χ4v) is 3.62. The average Bonchev–Trinajstić information content (AvgIpc) is 2.49. The standard InChI is InChI=1S/C19H35N/c1-12(2)15-14(5)20(19(9,10)11)17(18(6,7)8)16(15)13(3)4/h12-13H,1-11H3. The SMILES string of the molecule is Cc1c(C(C)C)c(C(C)C)c(C(C)(C)C)n1C(C)(C)C. The van der Waals surface area contributed by atoms with Crippen molar-refractivity contribution in [3.05, 3.63) is 22.5 Å². The predicted octanol–water partition coefficient (Wildman–Crippen LogP) is 6.10. The molecule has 1 heteroatoms. The molecule has 0 saturated carbocycles. The molecule has 0 fully saturated rings. The van der Waals surface area contributed by atoms with Crippen LogP contribution in [-0.2, 0) is 11.0 Å². The minimum absolute atomic E-state index is 0.128. The highest BCUT2D eigenvalue weighted by Gasteiger charge is 2.34. The molecule has 116 valence electrons. The lowest BCUT2D eigenvalue weighted by Gasteiger charge is -2.33. The Morgan fingerprint density at radius 3 is 1.40 bits per heavy atom. The minimum atomic E-state index is 0.128. The van der Waals surface area contributed by atoms with Crippen molar-refractivity contribution in [1.82, 2.24) is 4.57 Å². The third kappa shape index (κ3) is 2.97. The Morgan fingerprint density at radius 1 is 0.750 bits per heavy atom. The van der Waals surface area contributed by atoms with E-state index in [4.69, 9.17) is 0 Å². The van der Waals surface area contributed by atoms with Gasteiger partial charge in [0.05, 0.1) is 0 Å². The number of rotatable bonds is 2. The van der Waals surface area contributed by atoms with E-state index in [-0.39, 0.29) is 11.0 Å². The molecule has 0 saturated heterocycles. The Bertz CT molecular complexity index is 473. The van der Waals surface area contributed by atoms with Crippen LogP contribution < -0.4 is 0 Å². The second-order valence-electron chi connectivity index (χ2n) is 8.83. The molecule has 0 aromatic carbocycles. The normalized spacial score (nSPS) is 13.7. The van der Waals surface area contributed by atoms with Crippen LogP contribution in [0.4, 0.5) is 0 Å². The lowest BCUT2D eigenvalue weighted by Crippen LogP contribution is -2.30. The fraction of sp³-hybridized carbons (Fsp3) is 0.789. The molecule has 1 aromatic heterocycles. The Hall–Kier alpha value is -0.720. The summed E-state index contributed by atoms with van der Waals surface area (Å²) in [5.41, 5.74) is 6.44. The minimum Gasteiger partial charge on any atom is -0.343 e. The summed E-state index contributed by atoms with van der Waals surface area (Å²) in [7, 11) is 0. The maximum Gasteiger partial charge on any atom is 0.0361 e. The van der Waals surface area contributed by atoms with Gasteiger partial charge in [-0.1, -0.05) is 48.5 Å². The molecule has 1 rings (SSSR count). The van der Waals surface area contributed by atoms with Gasteiger partial charge in [-0.05, 0) is 50.7 Å². The Labute approximate surface area is 126 Å². The molecule has 0 atom stereocenters. The van der Waals surface area contributed by atoms with Gasteiger partial charge < -0.3 is 4.57 Å². The number of hydrogen-bond acceptors (Lipinski definition) is 0. The summed E-state index contributed by atoms with van der Waals surface area (Å²) in [6.45, 7) is 25.6. The number of aromatic nitrogens is 1. The fourth-order valence-electron chi connectivity index (χ4n) is 3.62. The van der Waals surface area contributed by atoms with Gasteiger partial charge in [0.1, 0.15) is 0 Å². The van der Waals surface area contributed by atoms with Crippen molar-refractivity contribution in [2.75, 3.05) is 0 Å². The zero-order chi connectivity index (χ0) is 16.0. The van der Waals surface area contributed by atoms with Crippen molar-refractivity contribution >= 4 is 0 Å². The zero-order valence-electron chi connectivity index (χ0n) is 15.6. The summed E-state index contributed by atoms with van der Waals surface area (Å²) >= 11 is 0. The van der Waals surface area contributed by atoms with Gasteiger partial charge in [0.15, 0.2) is 0 Å². The average molecular weight is 277 g/mol. The molecule has 0 unspecified atom stereocenters. The summed E-state index contributed by atoms with van der Waals surface area (Å²) in [6, 6.07) is 0. The van der Waals surface area contributed by atoms with E-state index in [0.717, 1.165) is 0 Å². The van der Waals surface area contributed by atoms with Gasteiger partial charge in [-0.15, -0.1) is 0 Å². The van der Waals surface area contributed by atoms with E-state index in [0.29, 0.717) is 11.8 Å². The first-order valence-electron chi connectivity index (χ1n) is 8.06. The summed E-state index contributed by atoms with van der Waals surface area (Å²) in [5.74, 6) is 1.15. The second-order valence-corrected chi connectivity index (χ2v) is 8.83. The molecule has 0 bridgehead atoms. The van der Waals surface area contributed by atoms with E-state index < -0.39 is 0 Å². The highest BCUT2D eigenvalue weighted by molar-refractivity contribution is 5.46. The molecule has 1 heterocycles. The Balaban J connectivity index is 3.90. The molecule has 0 aliphatic carbocycles. The molecule has 0 aliphatic rings. The molecule has 0 radical (unpaired) electrons. The van der Waals surface area contributed by atoms with Crippen LogP contribution >= 0.6 is 0 Å². The van der Waals surface area contributed by atoms with Crippen LogP contribution in [0.25, 0.3) is 0 Å². The van der Waals surface area contributed by atoms with Gasteiger partial charge in [-0.25, -0.2) is 0 Å². The van der Waals surface area contributed by atoms with E-state index in [9.17, 15) is 0 Å². The Morgan fingerprint density at radius 2 is 1.15 bits per heavy atom. The molecule has 0 N–H and O–H groups in total. The monoisotopic (exact) mass is 277 g/mol. The lowest BCUT2D eigenvalue weighted by molar-refractivity contribution is 0.351. The topological polar surface area (TPSA) is 4.93 Å². The summed E-state index contributed by atoms with van der Waals surface area (Å²) < 4.78 is 2.59. The first-order valence-corrected chi connectivity index (χ1v) is 8.06. The predicted molar refractivity (Wildman–Crippen MR) is 91.0 cm³/mol. The maximum atomic E-state index is 2.59. The van der Waals surface area contributed by atoms with E-state index >= 15 is 0 Å². The number of hydrogen-bond donors (Lipinski definition) is 0. The van der Waals surface area contributed by atoms with E-state index in [1.165, 1.54) is 11.4 Å².